The van der Waals surface area contributed by atoms with Gasteiger partial charge in [-0.15, -0.1) is 11.3 Å². The Morgan fingerprint density at radius 3 is 2.71 bits per heavy atom. The molecule has 0 aliphatic carbocycles. The molecule has 4 rings (SSSR count). The van der Waals surface area contributed by atoms with Crippen LogP contribution in [0.25, 0.3) is 27.6 Å². The van der Waals surface area contributed by atoms with Crippen LogP contribution in [0.15, 0.2) is 55.0 Å². The van der Waals surface area contributed by atoms with Crippen molar-refractivity contribution in [3.05, 3.63) is 59.3 Å². The van der Waals surface area contributed by atoms with Crippen molar-refractivity contribution in [2.24, 2.45) is 0 Å². The van der Waals surface area contributed by atoms with E-state index < -0.39 is 0 Å². The van der Waals surface area contributed by atoms with Gasteiger partial charge in [0.25, 0.3) is 0 Å². The van der Waals surface area contributed by atoms with E-state index in [0.717, 1.165) is 31.9 Å². The Morgan fingerprint density at radius 2 is 1.95 bits per heavy atom. The van der Waals surface area contributed by atoms with Crippen molar-refractivity contribution in [1.29, 1.82) is 0 Å². The van der Waals surface area contributed by atoms with E-state index in [1.54, 1.807) is 18.6 Å². The van der Waals surface area contributed by atoms with Crippen LogP contribution in [0.4, 0.5) is 0 Å². The van der Waals surface area contributed by atoms with Gasteiger partial charge in [-0.2, -0.15) is 0 Å². The summed E-state index contributed by atoms with van der Waals surface area (Å²) in [6, 6.07) is 11.6. The van der Waals surface area contributed by atoms with Crippen molar-refractivity contribution in [1.82, 2.24) is 19.5 Å². The molecule has 0 fully saturated rings. The second kappa shape index (κ2) is 4.95. The maximum Gasteiger partial charge on any atom is 0.165 e. The average molecular weight is 313 g/mol. The topological polar surface area (TPSA) is 43.6 Å². The minimum atomic E-state index is 0.736. The number of imidazole rings is 1. The van der Waals surface area contributed by atoms with Crippen LogP contribution in [0.5, 0.6) is 0 Å². The summed E-state index contributed by atoms with van der Waals surface area (Å²) in [5.41, 5.74) is 2.61. The van der Waals surface area contributed by atoms with Gasteiger partial charge in [0, 0.05) is 24.2 Å². The third-order valence-corrected chi connectivity index (χ3v) is 4.33. The molecule has 21 heavy (non-hydrogen) atoms. The number of rotatable bonds is 2. The Balaban J connectivity index is 2.06. The maximum absolute atomic E-state index is 6.08. The van der Waals surface area contributed by atoms with Gasteiger partial charge in [0.2, 0.25) is 0 Å². The highest BCUT2D eigenvalue weighted by atomic mass is 35.5. The predicted octanol–water partition coefficient (Wildman–Crippen LogP) is 4.20. The Hall–Kier alpha value is -2.24. The molecule has 0 unspecified atom stereocenters. The van der Waals surface area contributed by atoms with E-state index >= 15 is 0 Å². The number of hydrogen-bond donors (Lipinski definition) is 0. The maximum atomic E-state index is 6.08. The normalized spacial score (nSPS) is 11.1. The van der Waals surface area contributed by atoms with Gasteiger partial charge in [0.15, 0.2) is 5.65 Å². The highest BCUT2D eigenvalue weighted by Crippen LogP contribution is 2.32. The van der Waals surface area contributed by atoms with Crippen LogP contribution < -0.4 is 0 Å². The molecule has 4 aromatic rings. The zero-order valence-corrected chi connectivity index (χ0v) is 12.3. The van der Waals surface area contributed by atoms with Crippen molar-refractivity contribution < 1.29 is 0 Å². The molecule has 4 nitrogen and oxygen atoms in total. The van der Waals surface area contributed by atoms with Crippen molar-refractivity contribution in [3.8, 4) is 16.4 Å². The summed E-state index contributed by atoms with van der Waals surface area (Å²) in [7, 11) is 0. The average Bonchev–Trinajstić information content (AvgIpc) is 3.11. The van der Waals surface area contributed by atoms with Crippen LogP contribution in [0.1, 0.15) is 0 Å². The minimum Gasteiger partial charge on any atom is -0.267 e. The van der Waals surface area contributed by atoms with E-state index in [9.17, 15) is 0 Å². The van der Waals surface area contributed by atoms with Gasteiger partial charge in [-0.05, 0) is 36.4 Å². The molecule has 0 N–H and O–H groups in total. The monoisotopic (exact) mass is 312 g/mol. The molecule has 0 aromatic carbocycles. The minimum absolute atomic E-state index is 0.736. The van der Waals surface area contributed by atoms with E-state index in [1.807, 2.05) is 41.0 Å². The Kier molecular flexibility index (Phi) is 2.94. The number of fused-ring (bicyclic) bond motifs is 1. The van der Waals surface area contributed by atoms with Crippen molar-refractivity contribution >= 4 is 34.1 Å². The van der Waals surface area contributed by atoms with Crippen molar-refractivity contribution in [2.45, 2.75) is 0 Å². The van der Waals surface area contributed by atoms with Crippen LogP contribution in [0, 0.1) is 0 Å². The molecule has 0 amide bonds. The van der Waals surface area contributed by atoms with Gasteiger partial charge in [0.1, 0.15) is 16.3 Å². The number of thiophene rings is 1. The smallest absolute Gasteiger partial charge is 0.165 e. The fourth-order valence-corrected chi connectivity index (χ4v) is 3.27. The van der Waals surface area contributed by atoms with Gasteiger partial charge in [-0.3, -0.25) is 9.55 Å². The molecule has 0 aliphatic rings. The first-order chi connectivity index (χ1) is 10.3. The van der Waals surface area contributed by atoms with Gasteiger partial charge >= 0.3 is 0 Å². The van der Waals surface area contributed by atoms with E-state index in [1.165, 1.54) is 11.3 Å². The predicted molar refractivity (Wildman–Crippen MR) is 85.0 cm³/mol. The summed E-state index contributed by atoms with van der Waals surface area (Å²) in [5.74, 6) is 0.815. The number of aromatic nitrogens is 4. The Morgan fingerprint density at radius 1 is 1.05 bits per heavy atom. The number of hydrogen-bond acceptors (Lipinski definition) is 4. The zero-order valence-electron chi connectivity index (χ0n) is 10.8. The molecule has 0 saturated carbocycles. The molecule has 4 aromatic heterocycles. The summed E-state index contributed by atoms with van der Waals surface area (Å²) in [4.78, 5) is 13.3. The Bertz CT molecular complexity index is 914. The van der Waals surface area contributed by atoms with Crippen LogP contribution >= 0.6 is 22.9 Å². The number of halogens is 1. The number of pyridine rings is 2. The standard InChI is InChI=1S/C15H9ClN4S/c16-12-5-6-13(21-12)20-14(10-3-1-7-17-9-10)19-11-4-2-8-18-15(11)20/h1-9H. The summed E-state index contributed by atoms with van der Waals surface area (Å²) in [6.45, 7) is 0. The molecule has 0 spiro atoms. The summed E-state index contributed by atoms with van der Waals surface area (Å²) < 4.78 is 2.75. The third kappa shape index (κ3) is 2.11. The molecule has 0 aliphatic heterocycles. The second-order valence-corrected chi connectivity index (χ2v) is 6.13. The lowest BCUT2D eigenvalue weighted by Crippen LogP contribution is -1.96. The molecule has 0 bridgehead atoms. The van der Waals surface area contributed by atoms with Crippen LogP contribution in [-0.2, 0) is 0 Å². The first-order valence-corrected chi connectivity index (χ1v) is 7.52. The van der Waals surface area contributed by atoms with Crippen molar-refractivity contribution in [2.75, 3.05) is 0 Å². The molecule has 0 atom stereocenters. The molecule has 6 heteroatoms. The van der Waals surface area contributed by atoms with Gasteiger partial charge < -0.3 is 0 Å². The van der Waals surface area contributed by atoms with E-state index in [0.29, 0.717) is 0 Å². The summed E-state index contributed by atoms with van der Waals surface area (Å²) in [6.07, 6.45) is 5.31. The highest BCUT2D eigenvalue weighted by molar-refractivity contribution is 7.18. The largest absolute Gasteiger partial charge is 0.267 e. The lowest BCUT2D eigenvalue weighted by Gasteiger charge is -2.05. The van der Waals surface area contributed by atoms with E-state index in [2.05, 4.69) is 9.97 Å². The lowest BCUT2D eigenvalue weighted by atomic mass is 10.3. The van der Waals surface area contributed by atoms with E-state index in [-0.39, 0.29) is 0 Å². The fourth-order valence-electron chi connectivity index (χ4n) is 2.23. The van der Waals surface area contributed by atoms with Crippen LogP contribution in [-0.4, -0.2) is 19.5 Å². The molecule has 4 heterocycles. The van der Waals surface area contributed by atoms with Gasteiger partial charge in [-0.1, -0.05) is 11.6 Å². The molecular formula is C15H9ClN4S. The first kappa shape index (κ1) is 12.5. The van der Waals surface area contributed by atoms with Gasteiger partial charge in [-0.25, -0.2) is 9.97 Å². The second-order valence-electron chi connectivity index (χ2n) is 4.44. The summed E-state index contributed by atoms with van der Waals surface area (Å²) >= 11 is 7.58. The SMILES string of the molecule is Clc1ccc(-n2c(-c3cccnc3)nc3cccnc32)s1. The van der Waals surface area contributed by atoms with Gasteiger partial charge in [0.05, 0.1) is 4.34 Å². The molecule has 0 saturated heterocycles. The molecule has 0 radical (unpaired) electrons. The lowest BCUT2D eigenvalue weighted by molar-refractivity contribution is 1.10. The fraction of sp³-hybridized carbons (Fsp3) is 0. The first-order valence-electron chi connectivity index (χ1n) is 6.32. The van der Waals surface area contributed by atoms with Crippen LogP contribution in [0.3, 0.4) is 0 Å². The molecule has 102 valence electrons. The molecular weight excluding hydrogens is 304 g/mol. The third-order valence-electron chi connectivity index (χ3n) is 3.12. The zero-order chi connectivity index (χ0) is 14.2. The number of nitrogens with zero attached hydrogens (tertiary/aromatic N) is 4. The van der Waals surface area contributed by atoms with Crippen LogP contribution in [0.2, 0.25) is 4.34 Å². The summed E-state index contributed by atoms with van der Waals surface area (Å²) in [5, 5.41) is 0.986. The highest BCUT2D eigenvalue weighted by Gasteiger charge is 2.16. The quantitative estimate of drug-likeness (QED) is 0.557. The Labute approximate surface area is 129 Å². The van der Waals surface area contributed by atoms with Crippen molar-refractivity contribution in [3.63, 3.8) is 0 Å². The van der Waals surface area contributed by atoms with E-state index in [4.69, 9.17) is 16.6 Å².